The average molecular weight is 289 g/mol. The lowest BCUT2D eigenvalue weighted by atomic mass is 10.2. The fourth-order valence-electron chi connectivity index (χ4n) is 1.37. The minimum atomic E-state index is -2.49. The highest BCUT2D eigenvalue weighted by Gasteiger charge is 2.12. The Morgan fingerprint density at radius 1 is 1.55 bits per heavy atom. The van der Waals surface area contributed by atoms with Crippen LogP contribution in [0.5, 0.6) is 0 Å². The summed E-state index contributed by atoms with van der Waals surface area (Å²) in [5.74, 6) is -0.146. The maximum atomic E-state index is 11.8. The molecule has 0 aromatic carbocycles. The fourth-order valence-corrected chi connectivity index (χ4v) is 1.37. The van der Waals surface area contributed by atoms with E-state index >= 15 is 0 Å². The molecule has 8 heteroatoms. The van der Waals surface area contributed by atoms with Crippen molar-refractivity contribution in [2.24, 2.45) is 0 Å². The van der Waals surface area contributed by atoms with Gasteiger partial charge >= 0.3 is 5.97 Å². The SMILES string of the molecule is CCOC(=O)c1cc(NCCOCC(F)F)ncc1N. The van der Waals surface area contributed by atoms with Crippen molar-refractivity contribution in [2.75, 3.05) is 37.4 Å². The molecular weight excluding hydrogens is 272 g/mol. The van der Waals surface area contributed by atoms with Gasteiger partial charge in [0, 0.05) is 6.54 Å². The van der Waals surface area contributed by atoms with E-state index in [1.165, 1.54) is 12.3 Å². The van der Waals surface area contributed by atoms with Crippen LogP contribution in [0.3, 0.4) is 0 Å². The van der Waals surface area contributed by atoms with Crippen molar-refractivity contribution in [1.82, 2.24) is 4.98 Å². The molecular formula is C12H17F2N3O3. The molecule has 0 aliphatic rings. The lowest BCUT2D eigenvalue weighted by Gasteiger charge is -2.09. The first-order chi connectivity index (χ1) is 9.54. The normalized spacial score (nSPS) is 10.6. The van der Waals surface area contributed by atoms with E-state index in [1.807, 2.05) is 0 Å². The highest BCUT2D eigenvalue weighted by atomic mass is 19.3. The molecule has 112 valence electrons. The predicted molar refractivity (Wildman–Crippen MR) is 69.9 cm³/mol. The fraction of sp³-hybridized carbons (Fsp3) is 0.500. The molecule has 0 aliphatic carbocycles. The number of hydrogen-bond acceptors (Lipinski definition) is 6. The van der Waals surface area contributed by atoms with Gasteiger partial charge in [0.05, 0.1) is 30.7 Å². The van der Waals surface area contributed by atoms with E-state index in [1.54, 1.807) is 6.92 Å². The van der Waals surface area contributed by atoms with Crippen molar-refractivity contribution in [2.45, 2.75) is 13.3 Å². The maximum Gasteiger partial charge on any atom is 0.340 e. The smallest absolute Gasteiger partial charge is 0.340 e. The van der Waals surface area contributed by atoms with Crippen molar-refractivity contribution in [3.05, 3.63) is 17.8 Å². The number of nitrogens with two attached hydrogens (primary N) is 1. The third kappa shape index (κ3) is 5.35. The number of nitrogens with one attached hydrogen (secondary N) is 1. The zero-order valence-corrected chi connectivity index (χ0v) is 11.1. The molecule has 1 heterocycles. The van der Waals surface area contributed by atoms with Crippen LogP contribution in [-0.2, 0) is 9.47 Å². The van der Waals surface area contributed by atoms with Gasteiger partial charge in [0.2, 0.25) is 0 Å². The Labute approximate surface area is 115 Å². The number of pyridine rings is 1. The molecule has 6 nitrogen and oxygen atoms in total. The molecule has 0 spiro atoms. The van der Waals surface area contributed by atoms with E-state index in [0.29, 0.717) is 5.82 Å². The number of nitrogens with zero attached hydrogens (tertiary/aromatic N) is 1. The number of carbonyl (C=O) groups is 1. The second-order valence-corrected chi connectivity index (χ2v) is 3.77. The summed E-state index contributed by atoms with van der Waals surface area (Å²) in [5.41, 5.74) is 6.05. The van der Waals surface area contributed by atoms with Crippen molar-refractivity contribution >= 4 is 17.5 Å². The summed E-state index contributed by atoms with van der Waals surface area (Å²) in [4.78, 5) is 15.6. The van der Waals surface area contributed by atoms with Crippen LogP contribution in [0.1, 0.15) is 17.3 Å². The molecule has 3 N–H and O–H groups in total. The van der Waals surface area contributed by atoms with E-state index in [4.69, 9.17) is 15.2 Å². The summed E-state index contributed by atoms with van der Waals surface area (Å²) in [7, 11) is 0. The first-order valence-electron chi connectivity index (χ1n) is 6.07. The number of esters is 1. The van der Waals surface area contributed by atoms with E-state index in [0.717, 1.165) is 0 Å². The van der Waals surface area contributed by atoms with Crippen LogP contribution >= 0.6 is 0 Å². The standard InChI is InChI=1S/C12H17F2N3O3/c1-2-20-12(18)8-5-11(17-6-9(8)15)16-3-4-19-7-10(13)14/h5-6,10H,2-4,7,15H2,1H3,(H,16,17). The van der Waals surface area contributed by atoms with Crippen molar-refractivity contribution < 1.29 is 23.0 Å². The van der Waals surface area contributed by atoms with Crippen molar-refractivity contribution in [3.8, 4) is 0 Å². The number of anilines is 2. The van der Waals surface area contributed by atoms with Crippen LogP contribution in [0.4, 0.5) is 20.3 Å². The Kier molecular flexibility index (Phi) is 6.65. The van der Waals surface area contributed by atoms with E-state index in [-0.39, 0.29) is 31.0 Å². The Morgan fingerprint density at radius 3 is 2.95 bits per heavy atom. The maximum absolute atomic E-state index is 11.8. The number of rotatable bonds is 8. The number of nitrogen functional groups attached to an aromatic ring is 1. The second kappa shape index (κ2) is 8.26. The Balaban J connectivity index is 2.50. The predicted octanol–water partition coefficient (Wildman–Crippen LogP) is 1.53. The van der Waals surface area contributed by atoms with Crippen molar-refractivity contribution in [3.63, 3.8) is 0 Å². The van der Waals surface area contributed by atoms with Gasteiger partial charge in [-0.3, -0.25) is 0 Å². The largest absolute Gasteiger partial charge is 0.462 e. The third-order valence-corrected chi connectivity index (χ3v) is 2.23. The van der Waals surface area contributed by atoms with Crippen molar-refractivity contribution in [1.29, 1.82) is 0 Å². The summed E-state index contributed by atoms with van der Waals surface area (Å²) < 4.78 is 33.2. The van der Waals surface area contributed by atoms with Crippen LogP contribution in [0.15, 0.2) is 12.3 Å². The van der Waals surface area contributed by atoms with Gasteiger partial charge in [0.1, 0.15) is 12.4 Å². The van der Waals surface area contributed by atoms with Gasteiger partial charge in [0.15, 0.2) is 0 Å². The van der Waals surface area contributed by atoms with E-state index in [2.05, 4.69) is 10.3 Å². The number of halogens is 2. The molecule has 0 amide bonds. The molecule has 0 unspecified atom stereocenters. The number of hydrogen-bond donors (Lipinski definition) is 2. The number of alkyl halides is 2. The van der Waals surface area contributed by atoms with Crippen LogP contribution < -0.4 is 11.1 Å². The molecule has 0 bridgehead atoms. The number of aromatic nitrogens is 1. The van der Waals surface area contributed by atoms with Gasteiger partial charge in [0.25, 0.3) is 6.43 Å². The summed E-state index contributed by atoms with van der Waals surface area (Å²) in [6, 6.07) is 1.44. The van der Waals surface area contributed by atoms with Gasteiger partial charge in [-0.2, -0.15) is 0 Å². The Hall–Kier alpha value is -1.96. The Morgan fingerprint density at radius 2 is 2.30 bits per heavy atom. The first kappa shape index (κ1) is 16.1. The third-order valence-electron chi connectivity index (χ3n) is 2.23. The lowest BCUT2D eigenvalue weighted by Crippen LogP contribution is -2.15. The number of carbonyl (C=O) groups excluding carboxylic acids is 1. The second-order valence-electron chi connectivity index (χ2n) is 3.77. The monoisotopic (exact) mass is 289 g/mol. The van der Waals surface area contributed by atoms with Gasteiger partial charge in [-0.1, -0.05) is 0 Å². The van der Waals surface area contributed by atoms with Crippen LogP contribution in [0, 0.1) is 0 Å². The van der Waals surface area contributed by atoms with Gasteiger partial charge < -0.3 is 20.5 Å². The molecule has 0 saturated carbocycles. The molecule has 20 heavy (non-hydrogen) atoms. The molecule has 0 atom stereocenters. The highest BCUT2D eigenvalue weighted by Crippen LogP contribution is 2.15. The molecule has 0 aliphatic heterocycles. The van der Waals surface area contributed by atoms with Crippen LogP contribution in [-0.4, -0.2) is 43.7 Å². The molecule has 0 radical (unpaired) electrons. The Bertz CT molecular complexity index is 444. The quantitative estimate of drug-likeness (QED) is 0.557. The van der Waals surface area contributed by atoms with Gasteiger partial charge in [-0.15, -0.1) is 0 Å². The van der Waals surface area contributed by atoms with Crippen LogP contribution in [0.25, 0.3) is 0 Å². The highest BCUT2D eigenvalue weighted by molar-refractivity contribution is 5.95. The first-order valence-corrected chi connectivity index (χ1v) is 6.07. The van der Waals surface area contributed by atoms with Gasteiger partial charge in [-0.05, 0) is 13.0 Å². The molecule has 0 fully saturated rings. The molecule has 1 rings (SSSR count). The summed E-state index contributed by atoms with van der Waals surface area (Å²) in [5, 5.41) is 2.84. The van der Waals surface area contributed by atoms with Crippen LogP contribution in [0.2, 0.25) is 0 Å². The summed E-state index contributed by atoms with van der Waals surface area (Å²) in [6.45, 7) is 1.71. The lowest BCUT2D eigenvalue weighted by molar-refractivity contribution is 0.0214. The van der Waals surface area contributed by atoms with Gasteiger partial charge in [-0.25, -0.2) is 18.6 Å². The molecule has 1 aromatic heterocycles. The minimum absolute atomic E-state index is 0.102. The van der Waals surface area contributed by atoms with E-state index < -0.39 is 19.0 Å². The summed E-state index contributed by atoms with van der Waals surface area (Å²) >= 11 is 0. The zero-order valence-electron chi connectivity index (χ0n) is 11.1. The molecule has 1 aromatic rings. The summed E-state index contributed by atoms with van der Waals surface area (Å²) in [6.07, 6.45) is -1.16. The topological polar surface area (TPSA) is 86.5 Å². The number of ether oxygens (including phenoxy) is 2. The molecule has 0 saturated heterocycles. The zero-order chi connectivity index (χ0) is 15.0. The minimum Gasteiger partial charge on any atom is -0.462 e. The average Bonchev–Trinajstić information content (AvgIpc) is 2.40. The van der Waals surface area contributed by atoms with E-state index in [9.17, 15) is 13.6 Å².